The Morgan fingerprint density at radius 3 is 2.80 bits per heavy atom. The zero-order chi connectivity index (χ0) is 14.9. The van der Waals surface area contributed by atoms with E-state index in [0.29, 0.717) is 30.1 Å². The Hall–Kier alpha value is -1.75. The molecule has 1 aromatic carbocycles. The Labute approximate surface area is 119 Å². The average Bonchev–Trinajstić information content (AvgIpc) is 2.36. The van der Waals surface area contributed by atoms with Crippen LogP contribution in [0.25, 0.3) is 0 Å². The fourth-order valence-electron chi connectivity index (χ4n) is 2.63. The van der Waals surface area contributed by atoms with Crippen molar-refractivity contribution in [1.29, 1.82) is 0 Å². The molecule has 5 heteroatoms. The number of benzene rings is 1. The number of nitrogen functional groups attached to an aromatic ring is 1. The molecule has 0 saturated carbocycles. The van der Waals surface area contributed by atoms with Crippen LogP contribution in [0.4, 0.5) is 5.69 Å². The third-order valence-corrected chi connectivity index (χ3v) is 3.35. The molecule has 1 saturated heterocycles. The van der Waals surface area contributed by atoms with E-state index in [2.05, 4.69) is 0 Å². The maximum atomic E-state index is 12.7. The van der Waals surface area contributed by atoms with Crippen molar-refractivity contribution in [3.63, 3.8) is 0 Å². The van der Waals surface area contributed by atoms with Crippen LogP contribution >= 0.6 is 0 Å². The molecule has 1 unspecified atom stereocenters. The van der Waals surface area contributed by atoms with Crippen molar-refractivity contribution in [3.8, 4) is 5.75 Å². The third-order valence-electron chi connectivity index (χ3n) is 3.35. The Balaban J connectivity index is 2.27. The maximum absolute atomic E-state index is 12.7. The zero-order valence-electron chi connectivity index (χ0n) is 12.5. The smallest absolute Gasteiger partial charge is 0.256 e. The van der Waals surface area contributed by atoms with Gasteiger partial charge in [-0.1, -0.05) is 0 Å². The largest absolute Gasteiger partial charge is 0.497 e. The van der Waals surface area contributed by atoms with Crippen LogP contribution in [0.2, 0.25) is 0 Å². The van der Waals surface area contributed by atoms with Crippen molar-refractivity contribution in [3.05, 3.63) is 23.8 Å². The molecule has 5 nitrogen and oxygen atoms in total. The van der Waals surface area contributed by atoms with Gasteiger partial charge >= 0.3 is 0 Å². The van der Waals surface area contributed by atoms with Gasteiger partial charge in [-0.05, 0) is 39.0 Å². The van der Waals surface area contributed by atoms with E-state index in [1.54, 1.807) is 30.2 Å². The number of amides is 1. The molecule has 0 spiro atoms. The molecular weight excluding hydrogens is 256 g/mol. The lowest BCUT2D eigenvalue weighted by Crippen LogP contribution is -2.53. The number of nitrogens with zero attached hydrogens (tertiary/aromatic N) is 1. The summed E-state index contributed by atoms with van der Waals surface area (Å²) in [7, 11) is 1.57. The standard InChI is InChI=1S/C15H22N2O3/c1-10-8-17(9-15(2,3)20-10)14(18)12-7-11(19-4)5-6-13(12)16/h5-7,10H,8-9,16H2,1-4H3. The molecule has 1 fully saturated rings. The third kappa shape index (κ3) is 3.04. The fourth-order valence-corrected chi connectivity index (χ4v) is 2.63. The Kier molecular flexibility index (Phi) is 3.90. The highest BCUT2D eigenvalue weighted by Gasteiger charge is 2.34. The van der Waals surface area contributed by atoms with Crippen molar-refractivity contribution in [2.75, 3.05) is 25.9 Å². The summed E-state index contributed by atoms with van der Waals surface area (Å²) < 4.78 is 11.0. The summed E-state index contributed by atoms with van der Waals surface area (Å²) in [5.74, 6) is 0.549. The monoisotopic (exact) mass is 278 g/mol. The Bertz CT molecular complexity index is 514. The first-order valence-electron chi connectivity index (χ1n) is 6.73. The van der Waals surface area contributed by atoms with Crippen molar-refractivity contribution in [2.24, 2.45) is 0 Å². The zero-order valence-corrected chi connectivity index (χ0v) is 12.5. The van der Waals surface area contributed by atoms with Crippen LogP contribution in [0.5, 0.6) is 5.75 Å². The summed E-state index contributed by atoms with van der Waals surface area (Å²) in [5, 5.41) is 0. The van der Waals surface area contributed by atoms with Crippen LogP contribution in [-0.4, -0.2) is 42.7 Å². The van der Waals surface area contributed by atoms with Gasteiger partial charge in [-0.15, -0.1) is 0 Å². The molecule has 1 aromatic rings. The van der Waals surface area contributed by atoms with Crippen LogP contribution in [0.3, 0.4) is 0 Å². The Morgan fingerprint density at radius 2 is 2.20 bits per heavy atom. The molecule has 110 valence electrons. The minimum absolute atomic E-state index is 0.00883. The molecule has 1 aliphatic rings. The molecule has 1 amide bonds. The van der Waals surface area contributed by atoms with Gasteiger partial charge in [0.05, 0.1) is 24.4 Å². The summed E-state index contributed by atoms with van der Waals surface area (Å²) >= 11 is 0. The molecule has 2 N–H and O–H groups in total. The van der Waals surface area contributed by atoms with E-state index in [9.17, 15) is 4.79 Å². The minimum atomic E-state index is -0.346. The Morgan fingerprint density at radius 1 is 1.50 bits per heavy atom. The predicted molar refractivity (Wildman–Crippen MR) is 77.9 cm³/mol. The highest BCUT2D eigenvalue weighted by Crippen LogP contribution is 2.25. The van der Waals surface area contributed by atoms with E-state index in [4.69, 9.17) is 15.2 Å². The van der Waals surface area contributed by atoms with E-state index in [1.807, 2.05) is 20.8 Å². The van der Waals surface area contributed by atoms with Crippen LogP contribution < -0.4 is 10.5 Å². The molecule has 20 heavy (non-hydrogen) atoms. The van der Waals surface area contributed by atoms with E-state index >= 15 is 0 Å². The average molecular weight is 278 g/mol. The summed E-state index contributed by atoms with van der Waals surface area (Å²) in [4.78, 5) is 14.4. The topological polar surface area (TPSA) is 64.8 Å². The van der Waals surface area contributed by atoms with E-state index < -0.39 is 0 Å². The van der Waals surface area contributed by atoms with Gasteiger partial charge in [-0.2, -0.15) is 0 Å². The first-order valence-corrected chi connectivity index (χ1v) is 6.73. The summed E-state index contributed by atoms with van der Waals surface area (Å²) in [6.45, 7) is 7.05. The number of anilines is 1. The number of methoxy groups -OCH3 is 1. The second-order valence-corrected chi connectivity index (χ2v) is 5.83. The molecule has 1 heterocycles. The van der Waals surface area contributed by atoms with Crippen molar-refractivity contribution >= 4 is 11.6 Å². The van der Waals surface area contributed by atoms with Crippen molar-refractivity contribution < 1.29 is 14.3 Å². The number of morpholine rings is 1. The molecule has 1 atom stereocenters. The lowest BCUT2D eigenvalue weighted by molar-refractivity contribution is -0.118. The van der Waals surface area contributed by atoms with E-state index in [-0.39, 0.29) is 17.6 Å². The fraction of sp³-hybridized carbons (Fsp3) is 0.533. The minimum Gasteiger partial charge on any atom is -0.497 e. The number of rotatable bonds is 2. The SMILES string of the molecule is COc1ccc(N)c(C(=O)N2CC(C)OC(C)(C)C2)c1. The van der Waals surface area contributed by atoms with Gasteiger partial charge in [-0.25, -0.2) is 0 Å². The summed E-state index contributed by atoms with van der Waals surface area (Å²) in [6.07, 6.45) is 0.00883. The van der Waals surface area contributed by atoms with Gasteiger partial charge in [0.1, 0.15) is 5.75 Å². The highest BCUT2D eigenvalue weighted by atomic mass is 16.5. The highest BCUT2D eigenvalue weighted by molar-refractivity contribution is 5.99. The number of ether oxygens (including phenoxy) is 2. The predicted octanol–water partition coefficient (Wildman–Crippen LogP) is 1.92. The van der Waals surface area contributed by atoms with Gasteiger partial charge in [0.2, 0.25) is 0 Å². The molecule has 0 radical (unpaired) electrons. The molecule has 0 aromatic heterocycles. The molecular formula is C15H22N2O3. The lowest BCUT2D eigenvalue weighted by Gasteiger charge is -2.41. The number of carbonyl (C=O) groups excluding carboxylic acids is 1. The molecule has 0 aliphatic carbocycles. The van der Waals surface area contributed by atoms with Gasteiger partial charge in [0, 0.05) is 18.8 Å². The van der Waals surface area contributed by atoms with Crippen LogP contribution in [0.15, 0.2) is 18.2 Å². The maximum Gasteiger partial charge on any atom is 0.256 e. The summed E-state index contributed by atoms with van der Waals surface area (Å²) in [5.41, 5.74) is 6.52. The van der Waals surface area contributed by atoms with Crippen molar-refractivity contribution in [1.82, 2.24) is 4.90 Å². The van der Waals surface area contributed by atoms with E-state index in [0.717, 1.165) is 0 Å². The second kappa shape index (κ2) is 5.32. The van der Waals surface area contributed by atoms with Crippen LogP contribution in [-0.2, 0) is 4.74 Å². The van der Waals surface area contributed by atoms with Crippen molar-refractivity contribution in [2.45, 2.75) is 32.5 Å². The van der Waals surface area contributed by atoms with Gasteiger partial charge < -0.3 is 20.1 Å². The number of hydrogen-bond donors (Lipinski definition) is 1. The van der Waals surface area contributed by atoms with Gasteiger partial charge in [0.15, 0.2) is 0 Å². The van der Waals surface area contributed by atoms with Gasteiger partial charge in [0.25, 0.3) is 5.91 Å². The number of carbonyl (C=O) groups is 1. The van der Waals surface area contributed by atoms with E-state index in [1.165, 1.54) is 0 Å². The summed E-state index contributed by atoms with van der Waals surface area (Å²) in [6, 6.07) is 5.13. The first kappa shape index (κ1) is 14.7. The normalized spacial score (nSPS) is 21.6. The second-order valence-electron chi connectivity index (χ2n) is 5.83. The van der Waals surface area contributed by atoms with Crippen LogP contribution in [0.1, 0.15) is 31.1 Å². The lowest BCUT2D eigenvalue weighted by atomic mass is 10.0. The molecule has 0 bridgehead atoms. The number of nitrogens with two attached hydrogens (primary N) is 1. The van der Waals surface area contributed by atoms with Gasteiger partial charge in [-0.3, -0.25) is 4.79 Å². The number of hydrogen-bond acceptors (Lipinski definition) is 4. The quantitative estimate of drug-likeness (QED) is 0.839. The van der Waals surface area contributed by atoms with Crippen LogP contribution in [0, 0.1) is 0 Å². The molecule has 1 aliphatic heterocycles. The molecule has 2 rings (SSSR count). The first-order chi connectivity index (χ1) is 9.32.